The van der Waals surface area contributed by atoms with Gasteiger partial charge in [0.2, 0.25) is 0 Å². The average molecular weight is 354 g/mol. The Bertz CT molecular complexity index is 628. The van der Waals surface area contributed by atoms with Crippen LogP contribution in [-0.4, -0.2) is 6.54 Å². The van der Waals surface area contributed by atoms with Crippen LogP contribution in [0.1, 0.15) is 29.7 Å². The highest BCUT2D eigenvalue weighted by Crippen LogP contribution is 2.28. The highest BCUT2D eigenvalue weighted by atomic mass is 79.9. The Labute approximate surface area is 132 Å². The van der Waals surface area contributed by atoms with E-state index in [1.54, 1.807) is 12.1 Å². The van der Waals surface area contributed by atoms with E-state index in [-0.39, 0.29) is 6.04 Å². The Morgan fingerprint density at radius 2 is 1.95 bits per heavy atom. The fraction of sp³-hybridized carbons (Fsp3) is 0.294. The molecule has 0 fully saturated rings. The molecule has 1 atom stereocenters. The molecule has 1 unspecified atom stereocenters. The van der Waals surface area contributed by atoms with Crippen LogP contribution in [0.3, 0.4) is 0 Å². The maximum Gasteiger partial charge on any atom is 0.162 e. The first kappa shape index (κ1) is 16.1. The van der Waals surface area contributed by atoms with Gasteiger partial charge in [-0.15, -0.1) is 0 Å². The highest BCUT2D eigenvalue weighted by molar-refractivity contribution is 9.10. The van der Waals surface area contributed by atoms with Gasteiger partial charge in [-0.25, -0.2) is 8.78 Å². The number of aryl methyl sites for hydroxylation is 1. The summed E-state index contributed by atoms with van der Waals surface area (Å²) in [6.45, 7) is 4.77. The van der Waals surface area contributed by atoms with Gasteiger partial charge in [0.25, 0.3) is 0 Å². The molecular formula is C17H18BrF2N. The summed E-state index contributed by atoms with van der Waals surface area (Å²) in [6, 6.07) is 10.3. The smallest absolute Gasteiger partial charge is 0.162 e. The zero-order valence-electron chi connectivity index (χ0n) is 12.1. The van der Waals surface area contributed by atoms with Crippen molar-refractivity contribution in [1.29, 1.82) is 0 Å². The zero-order valence-corrected chi connectivity index (χ0v) is 13.7. The van der Waals surface area contributed by atoms with Crippen LogP contribution in [0, 0.1) is 18.6 Å². The summed E-state index contributed by atoms with van der Waals surface area (Å²) >= 11 is 3.56. The van der Waals surface area contributed by atoms with Crippen LogP contribution in [-0.2, 0) is 6.42 Å². The topological polar surface area (TPSA) is 12.0 Å². The van der Waals surface area contributed by atoms with Crippen molar-refractivity contribution in [3.63, 3.8) is 0 Å². The maximum absolute atomic E-state index is 13.9. The van der Waals surface area contributed by atoms with Crippen molar-refractivity contribution in [3.05, 3.63) is 69.2 Å². The SMILES string of the molecule is CCNC(Cc1cccc(F)c1F)c1ccc(C)cc1Br. The second-order valence-electron chi connectivity index (χ2n) is 5.05. The van der Waals surface area contributed by atoms with E-state index in [9.17, 15) is 8.78 Å². The fourth-order valence-corrected chi connectivity index (χ4v) is 3.15. The molecule has 0 aromatic heterocycles. The average Bonchev–Trinajstić information content (AvgIpc) is 2.43. The van der Waals surface area contributed by atoms with Crippen molar-refractivity contribution >= 4 is 15.9 Å². The summed E-state index contributed by atoms with van der Waals surface area (Å²) < 4.78 is 28.2. The molecular weight excluding hydrogens is 336 g/mol. The molecule has 4 heteroatoms. The first-order valence-electron chi connectivity index (χ1n) is 6.95. The second-order valence-corrected chi connectivity index (χ2v) is 5.91. The lowest BCUT2D eigenvalue weighted by Crippen LogP contribution is -2.24. The lowest BCUT2D eigenvalue weighted by Gasteiger charge is -2.20. The van der Waals surface area contributed by atoms with Gasteiger partial charge in [-0.3, -0.25) is 0 Å². The molecule has 0 amide bonds. The van der Waals surface area contributed by atoms with E-state index in [4.69, 9.17) is 0 Å². The minimum Gasteiger partial charge on any atom is -0.310 e. The molecule has 0 spiro atoms. The Kier molecular flexibility index (Phi) is 5.48. The summed E-state index contributed by atoms with van der Waals surface area (Å²) in [6.07, 6.45) is 0.402. The third kappa shape index (κ3) is 3.89. The first-order chi connectivity index (χ1) is 10.0. The van der Waals surface area contributed by atoms with Gasteiger partial charge in [-0.2, -0.15) is 0 Å². The van der Waals surface area contributed by atoms with E-state index in [1.165, 1.54) is 0 Å². The number of hydrogen-bond donors (Lipinski definition) is 1. The van der Waals surface area contributed by atoms with Crippen LogP contribution in [0.25, 0.3) is 0 Å². The molecule has 0 saturated carbocycles. The molecule has 1 N–H and O–H groups in total. The van der Waals surface area contributed by atoms with Crippen molar-refractivity contribution in [2.75, 3.05) is 6.54 Å². The lowest BCUT2D eigenvalue weighted by atomic mass is 9.97. The van der Waals surface area contributed by atoms with Gasteiger partial charge in [0.1, 0.15) is 0 Å². The lowest BCUT2D eigenvalue weighted by molar-refractivity contribution is 0.481. The van der Waals surface area contributed by atoms with Crippen molar-refractivity contribution in [2.45, 2.75) is 26.3 Å². The molecule has 112 valence electrons. The van der Waals surface area contributed by atoms with Crippen molar-refractivity contribution < 1.29 is 8.78 Å². The molecule has 0 aliphatic heterocycles. The van der Waals surface area contributed by atoms with Gasteiger partial charge in [-0.05, 0) is 48.7 Å². The van der Waals surface area contributed by atoms with Gasteiger partial charge >= 0.3 is 0 Å². The van der Waals surface area contributed by atoms with Crippen LogP contribution in [0.4, 0.5) is 8.78 Å². The predicted octanol–water partition coefficient (Wildman–Crippen LogP) is 4.93. The van der Waals surface area contributed by atoms with Crippen LogP contribution >= 0.6 is 15.9 Å². The van der Waals surface area contributed by atoms with Gasteiger partial charge in [-0.1, -0.05) is 47.1 Å². The van der Waals surface area contributed by atoms with Crippen LogP contribution in [0.5, 0.6) is 0 Å². The Morgan fingerprint density at radius 3 is 2.62 bits per heavy atom. The van der Waals surface area contributed by atoms with Gasteiger partial charge in [0.05, 0.1) is 0 Å². The third-order valence-corrected chi connectivity index (χ3v) is 4.12. The summed E-state index contributed by atoms with van der Waals surface area (Å²) in [5.74, 6) is -1.56. The summed E-state index contributed by atoms with van der Waals surface area (Å²) in [5.41, 5.74) is 2.58. The van der Waals surface area contributed by atoms with E-state index in [2.05, 4.69) is 21.2 Å². The summed E-state index contributed by atoms with van der Waals surface area (Å²) in [7, 11) is 0. The number of hydrogen-bond acceptors (Lipinski definition) is 1. The number of likely N-dealkylation sites (N-methyl/N-ethyl adjacent to an activating group) is 1. The zero-order chi connectivity index (χ0) is 15.4. The fourth-order valence-electron chi connectivity index (χ4n) is 2.38. The predicted molar refractivity (Wildman–Crippen MR) is 85.4 cm³/mol. The third-order valence-electron chi connectivity index (χ3n) is 3.44. The molecule has 0 heterocycles. The standard InChI is InChI=1S/C17H18BrF2N/c1-3-21-16(13-8-7-11(2)9-14(13)18)10-12-5-4-6-15(19)17(12)20/h4-9,16,21H,3,10H2,1-2H3. The van der Waals surface area contributed by atoms with Crippen molar-refractivity contribution in [3.8, 4) is 0 Å². The first-order valence-corrected chi connectivity index (χ1v) is 7.74. The molecule has 0 radical (unpaired) electrons. The number of benzene rings is 2. The van der Waals surface area contributed by atoms with Gasteiger partial charge in [0, 0.05) is 10.5 Å². The van der Waals surface area contributed by atoms with E-state index >= 15 is 0 Å². The highest BCUT2D eigenvalue weighted by Gasteiger charge is 2.17. The Balaban J connectivity index is 2.33. The quantitative estimate of drug-likeness (QED) is 0.803. The van der Waals surface area contributed by atoms with Crippen LogP contribution in [0.2, 0.25) is 0 Å². The molecule has 0 aliphatic rings. The minimum atomic E-state index is -0.800. The Hall–Kier alpha value is -1.26. The summed E-state index contributed by atoms with van der Waals surface area (Å²) in [4.78, 5) is 0. The minimum absolute atomic E-state index is 0.0683. The molecule has 0 bridgehead atoms. The van der Waals surface area contributed by atoms with E-state index in [0.717, 1.165) is 28.2 Å². The van der Waals surface area contributed by atoms with Gasteiger partial charge in [0.15, 0.2) is 11.6 Å². The normalized spacial score (nSPS) is 12.4. The van der Waals surface area contributed by atoms with E-state index < -0.39 is 11.6 Å². The monoisotopic (exact) mass is 353 g/mol. The number of nitrogens with one attached hydrogen (secondary N) is 1. The molecule has 0 aliphatic carbocycles. The van der Waals surface area contributed by atoms with E-state index in [1.807, 2.05) is 32.0 Å². The van der Waals surface area contributed by atoms with Crippen LogP contribution in [0.15, 0.2) is 40.9 Å². The molecule has 2 aromatic rings. The van der Waals surface area contributed by atoms with Gasteiger partial charge < -0.3 is 5.32 Å². The molecule has 1 nitrogen and oxygen atoms in total. The molecule has 0 saturated heterocycles. The molecule has 21 heavy (non-hydrogen) atoms. The second kappa shape index (κ2) is 7.14. The maximum atomic E-state index is 13.9. The largest absolute Gasteiger partial charge is 0.310 e. The summed E-state index contributed by atoms with van der Waals surface area (Å²) in [5, 5.41) is 3.34. The van der Waals surface area contributed by atoms with Crippen LogP contribution < -0.4 is 5.32 Å². The number of rotatable bonds is 5. The molecule has 2 rings (SSSR count). The Morgan fingerprint density at radius 1 is 1.19 bits per heavy atom. The van der Waals surface area contributed by atoms with Crippen molar-refractivity contribution in [1.82, 2.24) is 5.32 Å². The van der Waals surface area contributed by atoms with Crippen molar-refractivity contribution in [2.24, 2.45) is 0 Å². The van der Waals surface area contributed by atoms with E-state index in [0.29, 0.717) is 12.0 Å². The number of halogens is 3. The molecule has 2 aromatic carbocycles.